The second-order valence-electron chi connectivity index (χ2n) is 2.45. The molecule has 0 fully saturated rings. The van der Waals surface area contributed by atoms with Gasteiger partial charge in [-0.25, -0.2) is 5.48 Å². The van der Waals surface area contributed by atoms with Gasteiger partial charge in [-0.3, -0.25) is 19.7 Å². The monoisotopic (exact) mass is 196 g/mol. The number of benzene rings is 1. The summed E-state index contributed by atoms with van der Waals surface area (Å²) in [6, 6.07) is 5.87. The molecule has 6 heteroatoms. The standard InChI is InChI=1S/C8H8N2O4/c11-6-9-14-5-7-1-3-8(4-2-7)10(12)13/h1-4,6H,5H2,(H,9,11). The number of hydroxylamine groups is 1. The lowest BCUT2D eigenvalue weighted by Gasteiger charge is -2.00. The van der Waals surface area contributed by atoms with Gasteiger partial charge in [-0.2, -0.15) is 0 Å². The largest absolute Gasteiger partial charge is 0.277 e. The number of carbonyl (C=O) groups is 1. The van der Waals surface area contributed by atoms with Crippen molar-refractivity contribution in [3.63, 3.8) is 0 Å². The van der Waals surface area contributed by atoms with Gasteiger partial charge in [0.05, 0.1) is 11.5 Å². The van der Waals surface area contributed by atoms with Gasteiger partial charge in [0.25, 0.3) is 5.69 Å². The van der Waals surface area contributed by atoms with Gasteiger partial charge in [-0.15, -0.1) is 0 Å². The predicted molar refractivity (Wildman–Crippen MR) is 47.1 cm³/mol. The van der Waals surface area contributed by atoms with E-state index in [0.29, 0.717) is 6.41 Å². The summed E-state index contributed by atoms with van der Waals surface area (Å²) in [6.07, 6.45) is 0.408. The van der Waals surface area contributed by atoms with E-state index in [-0.39, 0.29) is 12.3 Å². The molecule has 1 N–H and O–H groups in total. The van der Waals surface area contributed by atoms with Crippen molar-refractivity contribution >= 4 is 12.1 Å². The maximum Gasteiger partial charge on any atom is 0.269 e. The van der Waals surface area contributed by atoms with Gasteiger partial charge in [-0.1, -0.05) is 0 Å². The van der Waals surface area contributed by atoms with E-state index in [1.165, 1.54) is 12.1 Å². The van der Waals surface area contributed by atoms with Crippen LogP contribution in [0, 0.1) is 10.1 Å². The number of carbonyl (C=O) groups excluding carboxylic acids is 1. The summed E-state index contributed by atoms with van der Waals surface area (Å²) in [7, 11) is 0. The first-order chi connectivity index (χ1) is 6.74. The minimum Gasteiger partial charge on any atom is -0.277 e. The average molecular weight is 196 g/mol. The zero-order valence-electron chi connectivity index (χ0n) is 7.17. The lowest BCUT2D eigenvalue weighted by Crippen LogP contribution is -2.10. The highest BCUT2D eigenvalue weighted by molar-refractivity contribution is 5.43. The van der Waals surface area contributed by atoms with E-state index in [1.54, 1.807) is 12.1 Å². The fraction of sp³-hybridized carbons (Fsp3) is 0.125. The van der Waals surface area contributed by atoms with Gasteiger partial charge in [0.1, 0.15) is 0 Å². The van der Waals surface area contributed by atoms with Crippen LogP contribution in [-0.4, -0.2) is 11.3 Å². The smallest absolute Gasteiger partial charge is 0.269 e. The molecule has 14 heavy (non-hydrogen) atoms. The second kappa shape index (κ2) is 4.93. The molecular weight excluding hydrogens is 188 g/mol. The van der Waals surface area contributed by atoms with Gasteiger partial charge < -0.3 is 0 Å². The molecule has 6 nitrogen and oxygen atoms in total. The Kier molecular flexibility index (Phi) is 3.57. The van der Waals surface area contributed by atoms with Crippen LogP contribution < -0.4 is 5.48 Å². The molecule has 0 spiro atoms. The van der Waals surface area contributed by atoms with Crippen molar-refractivity contribution in [3.8, 4) is 0 Å². The Labute approximate surface area is 79.6 Å². The average Bonchev–Trinajstić information content (AvgIpc) is 2.19. The molecule has 1 amide bonds. The van der Waals surface area contributed by atoms with E-state index in [9.17, 15) is 14.9 Å². The molecule has 1 aromatic rings. The molecule has 0 saturated carbocycles. The molecule has 1 aromatic carbocycles. The zero-order valence-corrected chi connectivity index (χ0v) is 7.17. The maximum absolute atomic E-state index is 10.3. The quantitative estimate of drug-likeness (QED) is 0.326. The van der Waals surface area contributed by atoms with Crippen LogP contribution in [0.25, 0.3) is 0 Å². The van der Waals surface area contributed by atoms with Gasteiger partial charge in [-0.05, 0) is 17.7 Å². The molecule has 74 valence electrons. The number of nitro benzene ring substituents is 1. The second-order valence-corrected chi connectivity index (χ2v) is 2.45. The first-order valence-corrected chi connectivity index (χ1v) is 3.78. The lowest BCUT2D eigenvalue weighted by molar-refractivity contribution is -0.384. The van der Waals surface area contributed by atoms with Gasteiger partial charge >= 0.3 is 0 Å². The fourth-order valence-electron chi connectivity index (χ4n) is 0.873. The molecule has 1 rings (SSSR count). The molecule has 0 aliphatic carbocycles. The van der Waals surface area contributed by atoms with Crippen LogP contribution in [-0.2, 0) is 16.2 Å². The number of amides is 1. The Hall–Kier alpha value is -1.95. The Balaban J connectivity index is 2.55. The third kappa shape index (κ3) is 2.83. The van der Waals surface area contributed by atoms with Crippen LogP contribution in [0.5, 0.6) is 0 Å². The van der Waals surface area contributed by atoms with Crippen molar-refractivity contribution in [1.82, 2.24) is 5.48 Å². The summed E-state index contributed by atoms with van der Waals surface area (Å²) in [6.45, 7) is 0.177. The number of hydrogen-bond donors (Lipinski definition) is 1. The molecule has 0 saturated heterocycles. The number of nitrogens with one attached hydrogen (secondary N) is 1. The van der Waals surface area contributed by atoms with Crippen LogP contribution in [0.3, 0.4) is 0 Å². The van der Waals surface area contributed by atoms with E-state index in [1.807, 2.05) is 5.48 Å². The number of rotatable bonds is 5. The summed E-state index contributed by atoms with van der Waals surface area (Å²) >= 11 is 0. The van der Waals surface area contributed by atoms with E-state index in [4.69, 9.17) is 0 Å². The number of hydrogen-bond acceptors (Lipinski definition) is 4. The highest BCUT2D eigenvalue weighted by atomic mass is 16.6. The highest BCUT2D eigenvalue weighted by Crippen LogP contribution is 2.11. The molecule has 0 aromatic heterocycles. The summed E-state index contributed by atoms with van der Waals surface area (Å²) in [5.74, 6) is 0. The van der Waals surface area contributed by atoms with Crippen molar-refractivity contribution in [2.45, 2.75) is 6.61 Å². The zero-order chi connectivity index (χ0) is 10.4. The lowest BCUT2D eigenvalue weighted by atomic mass is 10.2. The van der Waals surface area contributed by atoms with Crippen LogP contribution in [0.2, 0.25) is 0 Å². The first kappa shape index (κ1) is 10.1. The molecular formula is C8H8N2O4. The van der Waals surface area contributed by atoms with Crippen LogP contribution in [0.4, 0.5) is 5.69 Å². The number of nitro groups is 1. The predicted octanol–water partition coefficient (Wildman–Crippen LogP) is 0.772. The summed E-state index contributed by atoms with van der Waals surface area (Å²) in [4.78, 5) is 24.3. The third-order valence-corrected chi connectivity index (χ3v) is 1.52. The van der Waals surface area contributed by atoms with E-state index < -0.39 is 4.92 Å². The van der Waals surface area contributed by atoms with Gasteiger partial charge in [0.2, 0.25) is 6.41 Å². The highest BCUT2D eigenvalue weighted by Gasteiger charge is 2.03. The first-order valence-electron chi connectivity index (χ1n) is 3.78. The van der Waals surface area contributed by atoms with E-state index in [0.717, 1.165) is 5.56 Å². The fourth-order valence-corrected chi connectivity index (χ4v) is 0.873. The summed E-state index contributed by atoms with van der Waals surface area (Å²) in [5.41, 5.74) is 2.79. The van der Waals surface area contributed by atoms with Crippen molar-refractivity contribution in [2.24, 2.45) is 0 Å². The molecule has 0 unspecified atom stereocenters. The van der Waals surface area contributed by atoms with Gasteiger partial charge in [0.15, 0.2) is 0 Å². The van der Waals surface area contributed by atoms with Crippen LogP contribution >= 0.6 is 0 Å². The maximum atomic E-state index is 10.3. The SMILES string of the molecule is O=CNOCc1ccc([N+](=O)[O-])cc1. The molecule has 0 atom stereocenters. The molecule has 0 heterocycles. The Morgan fingerprint density at radius 1 is 1.43 bits per heavy atom. The third-order valence-electron chi connectivity index (χ3n) is 1.52. The molecule has 0 aliphatic heterocycles. The Morgan fingerprint density at radius 3 is 2.57 bits per heavy atom. The number of non-ortho nitro benzene ring substituents is 1. The van der Waals surface area contributed by atoms with E-state index >= 15 is 0 Å². The van der Waals surface area contributed by atoms with Crippen LogP contribution in [0.1, 0.15) is 5.56 Å². The molecule has 0 radical (unpaired) electrons. The topological polar surface area (TPSA) is 81.5 Å². The Bertz CT molecular complexity index is 323. The van der Waals surface area contributed by atoms with Crippen LogP contribution in [0.15, 0.2) is 24.3 Å². The summed E-state index contributed by atoms with van der Waals surface area (Å²) < 4.78 is 0. The summed E-state index contributed by atoms with van der Waals surface area (Å²) in [5, 5.41) is 10.3. The minimum absolute atomic E-state index is 0.0251. The van der Waals surface area contributed by atoms with E-state index in [2.05, 4.69) is 4.84 Å². The van der Waals surface area contributed by atoms with Crippen molar-refractivity contribution in [2.75, 3.05) is 0 Å². The van der Waals surface area contributed by atoms with Crippen molar-refractivity contribution < 1.29 is 14.6 Å². The van der Waals surface area contributed by atoms with Crippen molar-refractivity contribution in [1.29, 1.82) is 0 Å². The van der Waals surface area contributed by atoms with Gasteiger partial charge in [0, 0.05) is 12.1 Å². The normalized spacial score (nSPS) is 9.43. The van der Waals surface area contributed by atoms with Crippen molar-refractivity contribution in [3.05, 3.63) is 39.9 Å². The molecule has 0 bridgehead atoms. The molecule has 0 aliphatic rings. The number of nitrogens with zero attached hydrogens (tertiary/aromatic N) is 1. The minimum atomic E-state index is -0.478. The Morgan fingerprint density at radius 2 is 2.07 bits per heavy atom.